The van der Waals surface area contributed by atoms with Crippen molar-refractivity contribution >= 4 is 5.91 Å². The van der Waals surface area contributed by atoms with Gasteiger partial charge in [0.05, 0.1) is 31.3 Å². The van der Waals surface area contributed by atoms with Crippen LogP contribution in [-0.4, -0.2) is 46.1 Å². The van der Waals surface area contributed by atoms with E-state index in [1.165, 1.54) is 276 Å². The van der Waals surface area contributed by atoms with E-state index in [2.05, 4.69) is 31.3 Å². The van der Waals surface area contributed by atoms with E-state index in [4.69, 9.17) is 0 Å². The van der Waals surface area contributed by atoms with Crippen molar-refractivity contribution in [3.8, 4) is 0 Å². The Morgan fingerprint density at radius 3 is 0.938 bits per heavy atom. The van der Waals surface area contributed by atoms with Gasteiger partial charge in [0, 0.05) is 0 Å². The topological polar surface area (TPSA) is 89.8 Å². The number of carbonyl (C=O) groups is 1. The first-order chi connectivity index (χ1) is 32.0. The third kappa shape index (κ3) is 52.1. The molecule has 0 aliphatic rings. The summed E-state index contributed by atoms with van der Waals surface area (Å²) < 4.78 is 0. The molecule has 0 bridgehead atoms. The summed E-state index contributed by atoms with van der Waals surface area (Å²) in [5, 5.41) is 33.4. The summed E-state index contributed by atoms with van der Waals surface area (Å²) in [5.74, 6) is -0.312. The first kappa shape index (κ1) is 63.8. The summed E-state index contributed by atoms with van der Waals surface area (Å²) in [6.07, 6.45) is 71.1. The Hall–Kier alpha value is -1.17. The van der Waals surface area contributed by atoms with Gasteiger partial charge in [0.1, 0.15) is 0 Å². The van der Waals surface area contributed by atoms with Crippen molar-refractivity contribution in [2.75, 3.05) is 6.61 Å². The van der Waals surface area contributed by atoms with Crippen LogP contribution in [0.1, 0.15) is 328 Å². The summed E-state index contributed by atoms with van der Waals surface area (Å²) in [6.45, 7) is 4.24. The van der Waals surface area contributed by atoms with Gasteiger partial charge in [-0.1, -0.05) is 301 Å². The van der Waals surface area contributed by atoms with Crippen LogP contribution >= 0.6 is 0 Å². The van der Waals surface area contributed by atoms with Crippen LogP contribution in [0.5, 0.6) is 0 Å². The molecule has 0 heterocycles. The largest absolute Gasteiger partial charge is 0.394 e. The highest BCUT2D eigenvalue weighted by Gasteiger charge is 2.20. The molecule has 0 radical (unpaired) electrons. The van der Waals surface area contributed by atoms with Crippen molar-refractivity contribution in [3.05, 3.63) is 24.3 Å². The Labute approximate surface area is 407 Å². The predicted octanol–water partition coefficient (Wildman–Crippen LogP) is 18.5. The van der Waals surface area contributed by atoms with E-state index >= 15 is 0 Å². The number of amides is 1. The molecule has 0 spiro atoms. The van der Waals surface area contributed by atoms with Crippen molar-refractivity contribution < 1.29 is 20.1 Å². The van der Waals surface area contributed by atoms with Gasteiger partial charge in [0.25, 0.3) is 0 Å². The van der Waals surface area contributed by atoms with Gasteiger partial charge in [-0.2, -0.15) is 0 Å². The Morgan fingerprint density at radius 2 is 0.646 bits per heavy atom. The molecule has 65 heavy (non-hydrogen) atoms. The van der Waals surface area contributed by atoms with Crippen molar-refractivity contribution in [3.63, 3.8) is 0 Å². The first-order valence-corrected chi connectivity index (χ1v) is 29.6. The minimum atomic E-state index is -0.926. The molecule has 0 aromatic carbocycles. The zero-order chi connectivity index (χ0) is 47.2. The lowest BCUT2D eigenvalue weighted by Crippen LogP contribution is -2.45. The van der Waals surface area contributed by atoms with E-state index in [1.807, 2.05) is 6.08 Å². The number of unbranched alkanes of at least 4 members (excludes halogenated alkanes) is 44. The molecule has 4 N–H and O–H groups in total. The van der Waals surface area contributed by atoms with Crippen LogP contribution in [0.3, 0.4) is 0 Å². The number of allylic oxidation sites excluding steroid dienone is 3. The van der Waals surface area contributed by atoms with Gasteiger partial charge in [-0.15, -0.1) is 0 Å². The Balaban J connectivity index is 3.44. The second kappa shape index (κ2) is 55.4. The minimum absolute atomic E-state index is 0.0168. The third-order valence-electron chi connectivity index (χ3n) is 14.0. The third-order valence-corrected chi connectivity index (χ3v) is 14.0. The van der Waals surface area contributed by atoms with Crippen LogP contribution in [0.15, 0.2) is 24.3 Å². The van der Waals surface area contributed by atoms with Crippen LogP contribution in [0.2, 0.25) is 0 Å². The maximum absolute atomic E-state index is 12.5. The van der Waals surface area contributed by atoms with Gasteiger partial charge < -0.3 is 20.6 Å². The first-order valence-electron chi connectivity index (χ1n) is 29.6. The zero-order valence-corrected chi connectivity index (χ0v) is 44.1. The van der Waals surface area contributed by atoms with Crippen LogP contribution in [0.4, 0.5) is 0 Å². The maximum atomic E-state index is 12.5. The normalized spacial score (nSPS) is 13.4. The molecule has 0 aromatic heterocycles. The SMILES string of the molecule is CCCCCCCCCCCCC/C=C/C(O)C(CO)NC(=O)CC(O)CCCCCCCCCCCCCCCCC/C=C\CCCCCCCCCCCCCCCCCCCC. The number of carbonyl (C=O) groups excluding carboxylic acids is 1. The van der Waals surface area contributed by atoms with E-state index in [9.17, 15) is 20.1 Å². The average molecular weight is 917 g/mol. The second-order valence-electron chi connectivity index (χ2n) is 20.6. The molecule has 0 saturated heterocycles. The molecule has 0 aliphatic heterocycles. The van der Waals surface area contributed by atoms with E-state index in [1.54, 1.807) is 6.08 Å². The molecule has 1 amide bonds. The Morgan fingerprint density at radius 1 is 0.385 bits per heavy atom. The van der Waals surface area contributed by atoms with Crippen molar-refractivity contribution in [2.24, 2.45) is 0 Å². The quantitative estimate of drug-likeness (QED) is 0.0361. The highest BCUT2D eigenvalue weighted by Crippen LogP contribution is 2.18. The Kier molecular flexibility index (Phi) is 54.4. The van der Waals surface area contributed by atoms with Crippen LogP contribution in [-0.2, 0) is 4.79 Å². The molecule has 0 aliphatic carbocycles. The van der Waals surface area contributed by atoms with Crippen LogP contribution in [0.25, 0.3) is 0 Å². The summed E-state index contributed by atoms with van der Waals surface area (Å²) in [5.41, 5.74) is 0. The number of nitrogens with one attached hydrogen (secondary N) is 1. The van der Waals surface area contributed by atoms with Gasteiger partial charge in [-0.3, -0.25) is 4.79 Å². The van der Waals surface area contributed by atoms with Crippen molar-refractivity contribution in [1.29, 1.82) is 0 Å². The lowest BCUT2D eigenvalue weighted by atomic mass is 10.0. The number of aliphatic hydroxyl groups is 3. The molecule has 386 valence electrons. The molecule has 0 aromatic rings. The van der Waals surface area contributed by atoms with Gasteiger partial charge in [0.2, 0.25) is 5.91 Å². The molecule has 3 atom stereocenters. The predicted molar refractivity (Wildman–Crippen MR) is 287 cm³/mol. The van der Waals surface area contributed by atoms with Gasteiger partial charge in [0.15, 0.2) is 0 Å². The smallest absolute Gasteiger partial charge is 0.222 e. The van der Waals surface area contributed by atoms with Crippen molar-refractivity contribution in [2.45, 2.75) is 347 Å². The summed E-state index contributed by atoms with van der Waals surface area (Å²) in [7, 11) is 0. The van der Waals surface area contributed by atoms with Gasteiger partial charge >= 0.3 is 0 Å². The molecule has 5 heteroatoms. The maximum Gasteiger partial charge on any atom is 0.222 e. The van der Waals surface area contributed by atoms with E-state index < -0.39 is 18.2 Å². The Bertz CT molecular complexity index is 967. The van der Waals surface area contributed by atoms with E-state index in [0.717, 1.165) is 25.7 Å². The fourth-order valence-corrected chi connectivity index (χ4v) is 9.46. The molecule has 3 unspecified atom stereocenters. The summed E-state index contributed by atoms with van der Waals surface area (Å²) in [4.78, 5) is 12.5. The summed E-state index contributed by atoms with van der Waals surface area (Å²) >= 11 is 0. The lowest BCUT2D eigenvalue weighted by molar-refractivity contribution is -0.124. The fraction of sp³-hybridized carbons (Fsp3) is 0.917. The van der Waals surface area contributed by atoms with Gasteiger partial charge in [-0.25, -0.2) is 0 Å². The monoisotopic (exact) mass is 916 g/mol. The van der Waals surface area contributed by atoms with Crippen LogP contribution < -0.4 is 5.32 Å². The minimum Gasteiger partial charge on any atom is -0.394 e. The van der Waals surface area contributed by atoms with Crippen LogP contribution in [0, 0.1) is 0 Å². The molecule has 5 nitrogen and oxygen atoms in total. The highest BCUT2D eigenvalue weighted by atomic mass is 16.3. The molecular weight excluding hydrogens is 799 g/mol. The standard InChI is InChI=1S/C60H117NO4/c1-3-5-7-9-11-13-15-17-18-19-20-21-22-23-24-25-26-27-28-29-30-31-32-33-34-35-36-37-38-39-40-42-43-45-47-49-51-53-57(63)55-60(65)61-58(56-62)59(64)54-52-50-48-46-44-41-16-14-12-10-8-6-4-2/h29-30,52,54,57-59,62-64H,3-28,31-51,53,55-56H2,1-2H3,(H,61,65)/b30-29-,54-52+. The zero-order valence-electron chi connectivity index (χ0n) is 44.1. The van der Waals surface area contributed by atoms with E-state index in [-0.39, 0.29) is 18.9 Å². The molecule has 0 saturated carbocycles. The van der Waals surface area contributed by atoms with Gasteiger partial charge in [-0.05, 0) is 44.9 Å². The lowest BCUT2D eigenvalue weighted by Gasteiger charge is -2.21. The fourth-order valence-electron chi connectivity index (χ4n) is 9.46. The van der Waals surface area contributed by atoms with Crippen molar-refractivity contribution in [1.82, 2.24) is 5.32 Å². The summed E-state index contributed by atoms with van der Waals surface area (Å²) in [6, 6.07) is -0.742. The number of rotatable bonds is 55. The van der Waals surface area contributed by atoms with E-state index in [0.29, 0.717) is 6.42 Å². The average Bonchev–Trinajstić information content (AvgIpc) is 3.30. The molecule has 0 fully saturated rings. The second-order valence-corrected chi connectivity index (χ2v) is 20.6. The number of hydrogen-bond acceptors (Lipinski definition) is 4. The number of hydrogen-bond donors (Lipinski definition) is 4. The molecular formula is C60H117NO4. The highest BCUT2D eigenvalue weighted by molar-refractivity contribution is 5.76. The number of aliphatic hydroxyl groups excluding tert-OH is 3. The molecule has 0 rings (SSSR count).